The highest BCUT2D eigenvalue weighted by Crippen LogP contribution is 2.31. The minimum absolute atomic E-state index is 0. The largest absolute Gasteiger partial charge is 0.496 e. The van der Waals surface area contributed by atoms with Gasteiger partial charge in [-0.25, -0.2) is 0 Å². The summed E-state index contributed by atoms with van der Waals surface area (Å²) in [6.07, 6.45) is 4.37. The van der Waals surface area contributed by atoms with Crippen molar-refractivity contribution in [3.05, 3.63) is 71.8 Å². The second kappa shape index (κ2) is 9.62. The van der Waals surface area contributed by atoms with Crippen LogP contribution in [0.15, 0.2) is 60.7 Å². The summed E-state index contributed by atoms with van der Waals surface area (Å²) in [6, 6.07) is 18.9. The Labute approximate surface area is 156 Å². The predicted molar refractivity (Wildman–Crippen MR) is 107 cm³/mol. The Morgan fingerprint density at radius 3 is 2.52 bits per heavy atom. The average Bonchev–Trinajstić information content (AvgIpc) is 3.06. The van der Waals surface area contributed by atoms with Gasteiger partial charge in [0, 0.05) is 31.1 Å². The number of methoxy groups -OCH3 is 1. The van der Waals surface area contributed by atoms with E-state index in [0.717, 1.165) is 37.5 Å². The SMILES string of the molecule is COc1ccccc1/C=C/CN1C[C@@H](CN)[C@H](c2ccccc2)C1.Cl. The van der Waals surface area contributed by atoms with E-state index < -0.39 is 0 Å². The fraction of sp³-hybridized carbons (Fsp3) is 0.333. The minimum atomic E-state index is 0. The van der Waals surface area contributed by atoms with Crippen molar-refractivity contribution < 1.29 is 4.74 Å². The fourth-order valence-electron chi connectivity index (χ4n) is 3.56. The van der Waals surface area contributed by atoms with Crippen molar-refractivity contribution >= 4 is 18.5 Å². The van der Waals surface area contributed by atoms with Gasteiger partial charge in [0.2, 0.25) is 0 Å². The molecular weight excluding hydrogens is 332 g/mol. The Morgan fingerprint density at radius 2 is 1.80 bits per heavy atom. The maximum Gasteiger partial charge on any atom is 0.126 e. The normalized spacial score (nSPS) is 20.6. The van der Waals surface area contributed by atoms with Crippen molar-refractivity contribution in [2.45, 2.75) is 5.92 Å². The Hall–Kier alpha value is -1.81. The van der Waals surface area contributed by atoms with Crippen LogP contribution in [0, 0.1) is 5.92 Å². The highest BCUT2D eigenvalue weighted by molar-refractivity contribution is 5.85. The molecule has 3 nitrogen and oxygen atoms in total. The lowest BCUT2D eigenvalue weighted by atomic mass is 9.89. The third-order valence-electron chi connectivity index (χ3n) is 4.85. The van der Waals surface area contributed by atoms with E-state index in [2.05, 4.69) is 53.5 Å². The maximum atomic E-state index is 6.02. The van der Waals surface area contributed by atoms with Gasteiger partial charge < -0.3 is 10.5 Å². The fourth-order valence-corrected chi connectivity index (χ4v) is 3.56. The van der Waals surface area contributed by atoms with Crippen LogP contribution in [0.3, 0.4) is 0 Å². The summed E-state index contributed by atoms with van der Waals surface area (Å²) in [5.74, 6) is 1.99. The van der Waals surface area contributed by atoms with Crippen LogP contribution in [0.5, 0.6) is 5.75 Å². The highest BCUT2D eigenvalue weighted by Gasteiger charge is 2.31. The van der Waals surface area contributed by atoms with Gasteiger partial charge >= 0.3 is 0 Å². The predicted octanol–water partition coefficient (Wildman–Crippen LogP) is 3.80. The van der Waals surface area contributed by atoms with Crippen molar-refractivity contribution in [1.29, 1.82) is 0 Å². The molecule has 3 rings (SSSR count). The van der Waals surface area contributed by atoms with Gasteiger partial charge in [-0.05, 0) is 24.1 Å². The second-order valence-corrected chi connectivity index (χ2v) is 6.38. The molecule has 0 saturated carbocycles. The maximum absolute atomic E-state index is 6.02. The van der Waals surface area contributed by atoms with Crippen LogP contribution >= 0.6 is 12.4 Å². The molecule has 4 heteroatoms. The molecule has 1 aliphatic rings. The molecule has 2 aromatic carbocycles. The standard InChI is InChI=1S/C21H26N2O.ClH/c1-24-21-12-6-5-10-18(21)11-7-13-23-15-19(14-22)20(16-23)17-8-3-2-4-9-17;/h2-12,19-20H,13-16,22H2,1H3;1H/b11-7+;/t19-,20+;/m1./s1. The third kappa shape index (κ3) is 4.85. The van der Waals surface area contributed by atoms with Gasteiger partial charge in [-0.15, -0.1) is 12.4 Å². The molecule has 2 aromatic rings. The minimum Gasteiger partial charge on any atom is -0.496 e. The quantitative estimate of drug-likeness (QED) is 0.853. The molecule has 134 valence electrons. The zero-order valence-electron chi connectivity index (χ0n) is 14.7. The number of nitrogens with two attached hydrogens (primary N) is 1. The molecule has 1 fully saturated rings. The number of benzene rings is 2. The van der Waals surface area contributed by atoms with E-state index in [-0.39, 0.29) is 12.4 Å². The van der Waals surface area contributed by atoms with Gasteiger partial charge in [0.05, 0.1) is 7.11 Å². The van der Waals surface area contributed by atoms with Crippen LogP contribution in [0.4, 0.5) is 0 Å². The Balaban J connectivity index is 0.00000225. The summed E-state index contributed by atoms with van der Waals surface area (Å²) in [7, 11) is 1.71. The van der Waals surface area contributed by atoms with Crippen molar-refractivity contribution in [1.82, 2.24) is 4.90 Å². The Bertz CT molecular complexity index is 675. The van der Waals surface area contributed by atoms with Gasteiger partial charge in [-0.3, -0.25) is 4.90 Å². The lowest BCUT2D eigenvalue weighted by Crippen LogP contribution is -2.23. The van der Waals surface area contributed by atoms with Crippen molar-refractivity contribution in [3.8, 4) is 5.75 Å². The van der Waals surface area contributed by atoms with Crippen LogP contribution in [0.1, 0.15) is 17.0 Å². The number of likely N-dealkylation sites (tertiary alicyclic amines) is 1. The van der Waals surface area contributed by atoms with E-state index in [1.807, 2.05) is 18.2 Å². The number of para-hydroxylation sites is 1. The van der Waals surface area contributed by atoms with Crippen molar-refractivity contribution in [3.63, 3.8) is 0 Å². The number of halogens is 1. The average molecular weight is 359 g/mol. The molecule has 0 spiro atoms. The lowest BCUT2D eigenvalue weighted by molar-refractivity contribution is 0.360. The first kappa shape index (κ1) is 19.5. The van der Waals surface area contributed by atoms with Crippen LogP contribution in [0.25, 0.3) is 6.08 Å². The zero-order chi connectivity index (χ0) is 16.8. The van der Waals surface area contributed by atoms with Gasteiger partial charge in [0.25, 0.3) is 0 Å². The van der Waals surface area contributed by atoms with Gasteiger partial charge in [-0.2, -0.15) is 0 Å². The molecule has 0 aromatic heterocycles. The molecule has 1 heterocycles. The number of rotatable bonds is 6. The molecule has 1 saturated heterocycles. The monoisotopic (exact) mass is 358 g/mol. The summed E-state index contributed by atoms with van der Waals surface area (Å²) in [5, 5.41) is 0. The zero-order valence-corrected chi connectivity index (χ0v) is 15.5. The lowest BCUT2D eigenvalue weighted by Gasteiger charge is -2.16. The van der Waals surface area contributed by atoms with E-state index in [1.54, 1.807) is 7.11 Å². The van der Waals surface area contributed by atoms with Crippen molar-refractivity contribution in [2.75, 3.05) is 33.3 Å². The van der Waals surface area contributed by atoms with Crippen LogP contribution in [-0.2, 0) is 0 Å². The third-order valence-corrected chi connectivity index (χ3v) is 4.85. The summed E-state index contributed by atoms with van der Waals surface area (Å²) in [6.45, 7) is 3.82. The topological polar surface area (TPSA) is 38.5 Å². The molecule has 0 amide bonds. The summed E-state index contributed by atoms with van der Waals surface area (Å²) >= 11 is 0. The summed E-state index contributed by atoms with van der Waals surface area (Å²) in [4.78, 5) is 2.49. The van der Waals surface area contributed by atoms with Crippen molar-refractivity contribution in [2.24, 2.45) is 11.7 Å². The second-order valence-electron chi connectivity index (χ2n) is 6.38. The number of nitrogens with zero attached hydrogens (tertiary/aromatic N) is 1. The molecule has 25 heavy (non-hydrogen) atoms. The summed E-state index contributed by atoms with van der Waals surface area (Å²) < 4.78 is 5.40. The highest BCUT2D eigenvalue weighted by atomic mass is 35.5. The van der Waals surface area contributed by atoms with Gasteiger partial charge in [0.15, 0.2) is 0 Å². The first-order chi connectivity index (χ1) is 11.8. The molecular formula is C21H27ClN2O. The van der Waals surface area contributed by atoms with E-state index in [0.29, 0.717) is 11.8 Å². The molecule has 2 N–H and O–H groups in total. The Kier molecular flexibility index (Phi) is 7.51. The molecule has 0 unspecified atom stereocenters. The number of ether oxygens (including phenoxy) is 1. The molecule has 0 radical (unpaired) electrons. The van der Waals surface area contributed by atoms with E-state index in [4.69, 9.17) is 10.5 Å². The smallest absolute Gasteiger partial charge is 0.126 e. The molecule has 0 bridgehead atoms. The first-order valence-corrected chi connectivity index (χ1v) is 8.58. The van der Waals surface area contributed by atoms with E-state index in [1.165, 1.54) is 5.56 Å². The van der Waals surface area contributed by atoms with Gasteiger partial charge in [0.1, 0.15) is 5.75 Å². The van der Waals surface area contributed by atoms with Crippen LogP contribution in [-0.4, -0.2) is 38.2 Å². The summed E-state index contributed by atoms with van der Waals surface area (Å²) in [5.41, 5.74) is 8.55. The molecule has 1 aliphatic heterocycles. The van der Waals surface area contributed by atoms with Crippen LogP contribution in [0.2, 0.25) is 0 Å². The molecule has 2 atom stereocenters. The Morgan fingerprint density at radius 1 is 1.08 bits per heavy atom. The van der Waals surface area contributed by atoms with E-state index in [9.17, 15) is 0 Å². The van der Waals surface area contributed by atoms with Gasteiger partial charge in [-0.1, -0.05) is 60.7 Å². The van der Waals surface area contributed by atoms with E-state index >= 15 is 0 Å². The van der Waals surface area contributed by atoms with Crippen LogP contribution < -0.4 is 10.5 Å². The number of hydrogen-bond donors (Lipinski definition) is 1. The number of hydrogen-bond acceptors (Lipinski definition) is 3. The molecule has 0 aliphatic carbocycles. The first-order valence-electron chi connectivity index (χ1n) is 8.58.